The van der Waals surface area contributed by atoms with Crippen LogP contribution in [0.4, 0.5) is 5.82 Å². The summed E-state index contributed by atoms with van der Waals surface area (Å²) in [6.07, 6.45) is 2.86. The van der Waals surface area contributed by atoms with Crippen LogP contribution >= 0.6 is 11.8 Å². The summed E-state index contributed by atoms with van der Waals surface area (Å²) < 4.78 is 5.30. The molecule has 2 aliphatic heterocycles. The SMILES string of the molecule is CC12CCC(=O)N1C(C(=O)OCCNc1ncccc1C#N)CS2. The number of aromatic nitrogens is 1. The van der Waals surface area contributed by atoms with Crippen LogP contribution in [0.3, 0.4) is 0 Å². The number of hydrogen-bond acceptors (Lipinski definition) is 7. The molecule has 3 heterocycles. The van der Waals surface area contributed by atoms with Crippen molar-refractivity contribution in [2.75, 3.05) is 24.2 Å². The lowest BCUT2D eigenvalue weighted by molar-refractivity contribution is -0.153. The molecule has 0 bridgehead atoms. The zero-order valence-corrected chi connectivity index (χ0v) is 14.1. The Balaban J connectivity index is 1.50. The maximum Gasteiger partial charge on any atom is 0.329 e. The molecule has 2 fully saturated rings. The van der Waals surface area contributed by atoms with Crippen LogP contribution in [-0.2, 0) is 14.3 Å². The highest BCUT2D eigenvalue weighted by atomic mass is 32.2. The average molecular weight is 346 g/mol. The zero-order valence-electron chi connectivity index (χ0n) is 13.3. The number of pyridine rings is 1. The number of anilines is 1. The first-order chi connectivity index (χ1) is 11.5. The van der Waals surface area contributed by atoms with Crippen LogP contribution in [0.1, 0.15) is 25.3 Å². The van der Waals surface area contributed by atoms with Gasteiger partial charge >= 0.3 is 5.97 Å². The second kappa shape index (κ2) is 6.69. The van der Waals surface area contributed by atoms with Crippen molar-refractivity contribution in [3.63, 3.8) is 0 Å². The van der Waals surface area contributed by atoms with Gasteiger partial charge in [-0.2, -0.15) is 5.26 Å². The van der Waals surface area contributed by atoms with E-state index in [0.717, 1.165) is 6.42 Å². The summed E-state index contributed by atoms with van der Waals surface area (Å²) in [5.41, 5.74) is 0.439. The Bertz CT molecular complexity index is 705. The van der Waals surface area contributed by atoms with Crippen LogP contribution in [-0.4, -0.2) is 51.6 Å². The zero-order chi connectivity index (χ0) is 17.2. The minimum absolute atomic E-state index is 0.0229. The molecule has 1 N–H and O–H groups in total. The lowest BCUT2D eigenvalue weighted by Crippen LogP contribution is -2.46. The van der Waals surface area contributed by atoms with Crippen LogP contribution in [0.5, 0.6) is 0 Å². The largest absolute Gasteiger partial charge is 0.462 e. The van der Waals surface area contributed by atoms with E-state index in [1.54, 1.807) is 35.0 Å². The maximum atomic E-state index is 12.3. The number of carbonyl (C=O) groups is 2. The minimum Gasteiger partial charge on any atom is -0.462 e. The molecule has 2 aliphatic rings. The minimum atomic E-state index is -0.500. The van der Waals surface area contributed by atoms with Crippen molar-refractivity contribution in [2.45, 2.75) is 30.7 Å². The molecule has 0 radical (unpaired) electrons. The van der Waals surface area contributed by atoms with E-state index in [-0.39, 0.29) is 23.4 Å². The standard InChI is InChI=1S/C16H18N4O3S/c1-16-5-4-13(21)20(16)12(10-24-16)15(22)23-8-7-19-14-11(9-17)3-2-6-18-14/h2-3,6,12H,4-5,7-8,10H2,1H3,(H,18,19). The van der Waals surface area contributed by atoms with Crippen LogP contribution < -0.4 is 5.32 Å². The number of amides is 1. The lowest BCUT2D eigenvalue weighted by Gasteiger charge is -2.29. The normalized spacial score (nSPS) is 25.2. The quantitative estimate of drug-likeness (QED) is 0.635. The van der Waals surface area contributed by atoms with Crippen LogP contribution in [0.15, 0.2) is 18.3 Å². The molecule has 0 aliphatic carbocycles. The Kier molecular flexibility index (Phi) is 4.62. The Hall–Kier alpha value is -2.27. The fourth-order valence-corrected chi connectivity index (χ4v) is 4.47. The number of fused-ring (bicyclic) bond motifs is 1. The summed E-state index contributed by atoms with van der Waals surface area (Å²) in [4.78, 5) is 29.8. The molecule has 1 amide bonds. The lowest BCUT2D eigenvalue weighted by atomic mass is 10.2. The number of thioether (sulfide) groups is 1. The fraction of sp³-hybridized carbons (Fsp3) is 0.500. The van der Waals surface area contributed by atoms with E-state index in [0.29, 0.717) is 30.1 Å². The van der Waals surface area contributed by atoms with E-state index < -0.39 is 6.04 Å². The van der Waals surface area contributed by atoms with Crippen molar-refractivity contribution in [3.05, 3.63) is 23.9 Å². The van der Waals surface area contributed by atoms with Gasteiger partial charge in [-0.05, 0) is 25.5 Å². The molecule has 8 heteroatoms. The molecule has 2 unspecified atom stereocenters. The fourth-order valence-electron chi connectivity index (χ4n) is 3.05. The molecule has 3 rings (SSSR count). The third-order valence-electron chi connectivity index (χ3n) is 4.28. The molecular formula is C16H18N4O3S. The topological polar surface area (TPSA) is 95.3 Å². The van der Waals surface area contributed by atoms with E-state index in [1.807, 2.05) is 13.0 Å². The van der Waals surface area contributed by atoms with Crippen molar-refractivity contribution in [3.8, 4) is 6.07 Å². The highest BCUT2D eigenvalue weighted by Gasteiger charge is 2.53. The second-order valence-corrected chi connectivity index (χ2v) is 7.37. The van der Waals surface area contributed by atoms with Gasteiger partial charge in [0.15, 0.2) is 0 Å². The Labute approximate surface area is 144 Å². The van der Waals surface area contributed by atoms with Gasteiger partial charge in [0, 0.05) is 18.4 Å². The first kappa shape index (κ1) is 16.6. The average Bonchev–Trinajstić information content (AvgIpc) is 3.08. The summed E-state index contributed by atoms with van der Waals surface area (Å²) in [5, 5.41) is 12.0. The molecule has 24 heavy (non-hydrogen) atoms. The number of nitrogens with one attached hydrogen (secondary N) is 1. The number of esters is 1. The van der Waals surface area contributed by atoms with Crippen LogP contribution in [0, 0.1) is 11.3 Å². The van der Waals surface area contributed by atoms with Gasteiger partial charge in [-0.1, -0.05) is 0 Å². The molecule has 0 spiro atoms. The molecule has 126 valence electrons. The van der Waals surface area contributed by atoms with Crippen molar-refractivity contribution in [2.24, 2.45) is 0 Å². The second-order valence-electron chi connectivity index (χ2n) is 5.87. The van der Waals surface area contributed by atoms with Gasteiger partial charge in [0.1, 0.15) is 24.5 Å². The molecule has 0 aromatic carbocycles. The Morgan fingerprint density at radius 3 is 3.29 bits per heavy atom. The van der Waals surface area contributed by atoms with E-state index in [9.17, 15) is 9.59 Å². The Morgan fingerprint density at radius 2 is 2.50 bits per heavy atom. The predicted molar refractivity (Wildman–Crippen MR) is 89.1 cm³/mol. The van der Waals surface area contributed by atoms with Gasteiger partial charge < -0.3 is 15.0 Å². The van der Waals surface area contributed by atoms with Gasteiger partial charge in [0.25, 0.3) is 0 Å². The monoisotopic (exact) mass is 346 g/mol. The molecule has 2 saturated heterocycles. The molecule has 1 aromatic heterocycles. The van der Waals surface area contributed by atoms with E-state index >= 15 is 0 Å². The first-order valence-electron chi connectivity index (χ1n) is 7.77. The smallest absolute Gasteiger partial charge is 0.329 e. The number of hydrogen-bond donors (Lipinski definition) is 1. The number of carbonyl (C=O) groups excluding carboxylic acids is 2. The van der Waals surface area contributed by atoms with Crippen molar-refractivity contribution in [1.82, 2.24) is 9.88 Å². The van der Waals surface area contributed by atoms with Gasteiger partial charge in [-0.3, -0.25) is 4.79 Å². The van der Waals surface area contributed by atoms with E-state index in [4.69, 9.17) is 10.00 Å². The molecule has 0 saturated carbocycles. The van der Waals surface area contributed by atoms with Crippen LogP contribution in [0.25, 0.3) is 0 Å². The van der Waals surface area contributed by atoms with Crippen molar-refractivity contribution in [1.29, 1.82) is 5.26 Å². The summed E-state index contributed by atoms with van der Waals surface area (Å²) in [7, 11) is 0. The molecule has 7 nitrogen and oxygen atoms in total. The summed E-state index contributed by atoms with van der Waals surface area (Å²) in [6, 6.07) is 4.89. The highest BCUT2D eigenvalue weighted by molar-refractivity contribution is 8.01. The maximum absolute atomic E-state index is 12.3. The van der Waals surface area contributed by atoms with Crippen molar-refractivity contribution < 1.29 is 14.3 Å². The number of nitriles is 1. The summed E-state index contributed by atoms with van der Waals surface area (Å²) >= 11 is 1.64. The van der Waals surface area contributed by atoms with Gasteiger partial charge in [0.2, 0.25) is 5.91 Å². The van der Waals surface area contributed by atoms with E-state index in [1.165, 1.54) is 0 Å². The van der Waals surface area contributed by atoms with Gasteiger partial charge in [0.05, 0.1) is 17.0 Å². The summed E-state index contributed by atoms with van der Waals surface area (Å²) in [5.74, 6) is 0.696. The molecule has 1 aromatic rings. The summed E-state index contributed by atoms with van der Waals surface area (Å²) in [6.45, 7) is 2.50. The number of nitrogens with zero attached hydrogens (tertiary/aromatic N) is 3. The highest BCUT2D eigenvalue weighted by Crippen LogP contribution is 2.47. The molecular weight excluding hydrogens is 328 g/mol. The van der Waals surface area contributed by atoms with Crippen LogP contribution in [0.2, 0.25) is 0 Å². The predicted octanol–water partition coefficient (Wildman–Crippen LogP) is 1.36. The first-order valence-corrected chi connectivity index (χ1v) is 8.75. The Morgan fingerprint density at radius 1 is 1.67 bits per heavy atom. The van der Waals surface area contributed by atoms with E-state index in [2.05, 4.69) is 10.3 Å². The van der Waals surface area contributed by atoms with Gasteiger partial charge in [-0.25, -0.2) is 9.78 Å². The van der Waals surface area contributed by atoms with Gasteiger partial charge in [-0.15, -0.1) is 11.8 Å². The third kappa shape index (κ3) is 3.04. The number of ether oxygens (including phenoxy) is 1. The number of rotatable bonds is 5. The van der Waals surface area contributed by atoms with Crippen molar-refractivity contribution >= 4 is 29.5 Å². The third-order valence-corrected chi connectivity index (χ3v) is 5.79. The molecule has 2 atom stereocenters.